The Bertz CT molecular complexity index is 940. The molecule has 9 nitrogen and oxygen atoms in total. The first kappa shape index (κ1) is 23.6. The van der Waals surface area contributed by atoms with Gasteiger partial charge in [0.25, 0.3) is 0 Å². The van der Waals surface area contributed by atoms with Crippen molar-refractivity contribution in [2.24, 2.45) is 0 Å². The molecule has 0 fully saturated rings. The number of fused-ring (bicyclic) bond motifs is 1. The molecule has 0 bridgehead atoms. The average Bonchev–Trinajstić information content (AvgIpc) is 3.26. The maximum Gasteiger partial charge on any atom is 0.338 e. The van der Waals surface area contributed by atoms with Crippen LogP contribution in [0, 0.1) is 0 Å². The molecule has 0 saturated carbocycles. The number of methoxy groups -OCH3 is 1. The molecule has 1 aliphatic rings. The summed E-state index contributed by atoms with van der Waals surface area (Å²) < 4.78 is 18.7. The van der Waals surface area contributed by atoms with E-state index in [4.69, 9.17) is 14.2 Å². The predicted molar refractivity (Wildman–Crippen MR) is 121 cm³/mol. The van der Waals surface area contributed by atoms with Crippen LogP contribution in [0.2, 0.25) is 0 Å². The van der Waals surface area contributed by atoms with Crippen molar-refractivity contribution in [2.45, 2.75) is 65.3 Å². The summed E-state index contributed by atoms with van der Waals surface area (Å²) in [5, 5.41) is 15.0. The van der Waals surface area contributed by atoms with E-state index in [0.29, 0.717) is 41.9 Å². The number of aromatic nitrogens is 4. The Morgan fingerprint density at radius 2 is 1.91 bits per heavy atom. The number of esters is 1. The van der Waals surface area contributed by atoms with E-state index in [2.05, 4.69) is 34.7 Å². The van der Waals surface area contributed by atoms with Gasteiger partial charge in [-0.3, -0.25) is 0 Å². The molecule has 2 heterocycles. The number of nitrogens with one attached hydrogen (secondary N) is 1. The van der Waals surface area contributed by atoms with Crippen LogP contribution >= 0.6 is 0 Å². The Balaban J connectivity index is 1.88. The van der Waals surface area contributed by atoms with Crippen molar-refractivity contribution in [1.82, 2.24) is 20.2 Å². The van der Waals surface area contributed by atoms with Crippen molar-refractivity contribution >= 4 is 11.9 Å². The van der Waals surface area contributed by atoms with Crippen LogP contribution < -0.4 is 14.8 Å². The Morgan fingerprint density at radius 1 is 1.09 bits per heavy atom. The number of hydrogen-bond acceptors (Lipinski definition) is 8. The number of nitrogens with zero attached hydrogens (tertiary/aromatic N) is 4. The molecule has 1 unspecified atom stereocenters. The summed E-state index contributed by atoms with van der Waals surface area (Å²) >= 11 is 0. The molecule has 0 radical (unpaired) electrons. The van der Waals surface area contributed by atoms with E-state index in [-0.39, 0.29) is 5.97 Å². The number of anilines is 1. The first-order valence-electron chi connectivity index (χ1n) is 11.3. The van der Waals surface area contributed by atoms with Crippen molar-refractivity contribution in [1.29, 1.82) is 0 Å². The van der Waals surface area contributed by atoms with Crippen molar-refractivity contribution in [3.63, 3.8) is 0 Å². The highest BCUT2D eigenvalue weighted by Gasteiger charge is 2.35. The van der Waals surface area contributed by atoms with Crippen molar-refractivity contribution < 1.29 is 19.0 Å². The van der Waals surface area contributed by atoms with Gasteiger partial charge < -0.3 is 19.5 Å². The Morgan fingerprint density at radius 3 is 2.66 bits per heavy atom. The molecule has 9 heteroatoms. The van der Waals surface area contributed by atoms with Gasteiger partial charge in [-0.15, -0.1) is 0 Å². The zero-order valence-corrected chi connectivity index (χ0v) is 19.4. The summed E-state index contributed by atoms with van der Waals surface area (Å²) in [6.45, 7) is 7.07. The molecule has 3 rings (SSSR count). The summed E-state index contributed by atoms with van der Waals surface area (Å²) in [5.41, 5.74) is 1.93. The smallest absolute Gasteiger partial charge is 0.338 e. The Labute approximate surface area is 189 Å². The lowest BCUT2D eigenvalue weighted by Gasteiger charge is -2.27. The molecule has 1 N–H and O–H groups in total. The molecule has 0 amide bonds. The molecule has 174 valence electrons. The third kappa shape index (κ3) is 5.38. The molecule has 0 aliphatic carbocycles. The fraction of sp³-hybridized carbons (Fsp3) is 0.565. The summed E-state index contributed by atoms with van der Waals surface area (Å²) in [7, 11) is 1.61. The second-order valence-corrected chi connectivity index (χ2v) is 7.82. The minimum absolute atomic E-state index is 0.370. The van der Waals surface area contributed by atoms with Gasteiger partial charge >= 0.3 is 5.97 Å². The first-order valence-corrected chi connectivity index (χ1v) is 11.3. The van der Waals surface area contributed by atoms with Crippen LogP contribution in [0.25, 0.3) is 0 Å². The molecular weight excluding hydrogens is 410 g/mol. The van der Waals surface area contributed by atoms with Crippen LogP contribution in [0.4, 0.5) is 5.95 Å². The van der Waals surface area contributed by atoms with E-state index in [1.807, 2.05) is 25.1 Å². The zero-order valence-electron chi connectivity index (χ0n) is 19.4. The highest BCUT2D eigenvalue weighted by molar-refractivity contribution is 5.92. The van der Waals surface area contributed by atoms with Gasteiger partial charge in [-0.05, 0) is 47.9 Å². The molecule has 1 atom stereocenters. The monoisotopic (exact) mass is 443 g/mol. The number of ether oxygens (including phenoxy) is 3. The lowest BCUT2D eigenvalue weighted by Crippen LogP contribution is -2.30. The summed E-state index contributed by atoms with van der Waals surface area (Å²) in [6, 6.07) is 5.12. The molecule has 0 spiro atoms. The number of tetrazole rings is 1. The lowest BCUT2D eigenvalue weighted by atomic mass is 9.95. The SMILES string of the molecule is CCCCCCOc1ccc(C2C(C(=O)OCCCC)=C(C)Nc3nnnn32)cc1OC. The number of unbranched alkanes of at least 4 members (excludes halogenated alkanes) is 4. The number of carbonyl (C=O) groups excluding carboxylic acids is 1. The molecule has 0 saturated heterocycles. The highest BCUT2D eigenvalue weighted by Crippen LogP contribution is 2.38. The fourth-order valence-corrected chi connectivity index (χ4v) is 3.66. The summed E-state index contributed by atoms with van der Waals surface area (Å²) in [4.78, 5) is 13.0. The van der Waals surface area contributed by atoms with Gasteiger partial charge in [0.1, 0.15) is 6.04 Å². The second kappa shape index (κ2) is 11.5. The van der Waals surface area contributed by atoms with E-state index < -0.39 is 6.04 Å². The maximum atomic E-state index is 13.0. The Hall–Kier alpha value is -3.10. The van der Waals surface area contributed by atoms with Crippen LogP contribution in [0.5, 0.6) is 11.5 Å². The molecule has 1 aliphatic heterocycles. The van der Waals surface area contributed by atoms with E-state index in [1.54, 1.807) is 11.8 Å². The normalized spacial score (nSPS) is 15.2. The van der Waals surface area contributed by atoms with Gasteiger partial charge in [0.2, 0.25) is 5.95 Å². The van der Waals surface area contributed by atoms with Crippen molar-refractivity contribution in [3.05, 3.63) is 35.0 Å². The van der Waals surface area contributed by atoms with Crippen LogP contribution in [0.1, 0.15) is 70.9 Å². The lowest BCUT2D eigenvalue weighted by molar-refractivity contribution is -0.139. The largest absolute Gasteiger partial charge is 0.493 e. The minimum atomic E-state index is -0.539. The van der Waals surface area contributed by atoms with Gasteiger partial charge in [0.15, 0.2) is 11.5 Å². The van der Waals surface area contributed by atoms with Gasteiger partial charge in [-0.25, -0.2) is 4.79 Å². The van der Waals surface area contributed by atoms with Crippen LogP contribution in [-0.2, 0) is 9.53 Å². The van der Waals surface area contributed by atoms with E-state index in [0.717, 1.165) is 31.2 Å². The molecular formula is C23H33N5O4. The van der Waals surface area contributed by atoms with Gasteiger partial charge in [-0.1, -0.05) is 50.7 Å². The van der Waals surface area contributed by atoms with Crippen LogP contribution in [0.3, 0.4) is 0 Å². The van der Waals surface area contributed by atoms with E-state index >= 15 is 0 Å². The first-order chi connectivity index (χ1) is 15.6. The number of carbonyl (C=O) groups is 1. The topological polar surface area (TPSA) is 100 Å². The number of hydrogen-bond donors (Lipinski definition) is 1. The predicted octanol–water partition coefficient (Wildman–Crippen LogP) is 4.27. The zero-order chi connectivity index (χ0) is 22.9. The standard InChI is InChI=1S/C23H33N5O4/c1-5-7-9-10-14-31-18-12-11-17(15-19(18)30-4)21-20(22(29)32-13-8-6-2)16(3)24-23-25-26-27-28(21)23/h11-12,15,21H,5-10,13-14H2,1-4H3,(H,24,25,27). The second-order valence-electron chi connectivity index (χ2n) is 7.82. The van der Waals surface area contributed by atoms with Gasteiger partial charge in [0, 0.05) is 5.70 Å². The van der Waals surface area contributed by atoms with E-state index in [9.17, 15) is 4.79 Å². The third-order valence-corrected chi connectivity index (χ3v) is 5.42. The molecule has 32 heavy (non-hydrogen) atoms. The highest BCUT2D eigenvalue weighted by atomic mass is 16.5. The maximum absolute atomic E-state index is 13.0. The number of allylic oxidation sites excluding steroid dienone is 1. The fourth-order valence-electron chi connectivity index (χ4n) is 3.66. The quantitative estimate of drug-likeness (QED) is 0.383. The average molecular weight is 444 g/mol. The molecule has 1 aromatic carbocycles. The van der Waals surface area contributed by atoms with E-state index in [1.165, 1.54) is 12.8 Å². The van der Waals surface area contributed by atoms with Crippen molar-refractivity contribution in [2.75, 3.05) is 25.6 Å². The summed E-state index contributed by atoms with van der Waals surface area (Å²) in [5.74, 6) is 1.35. The van der Waals surface area contributed by atoms with Crippen molar-refractivity contribution in [3.8, 4) is 11.5 Å². The number of benzene rings is 1. The third-order valence-electron chi connectivity index (χ3n) is 5.42. The minimum Gasteiger partial charge on any atom is -0.493 e. The number of rotatable bonds is 12. The Kier molecular flexibility index (Phi) is 8.47. The van der Waals surface area contributed by atoms with Gasteiger partial charge in [-0.2, -0.15) is 4.68 Å². The van der Waals surface area contributed by atoms with Gasteiger partial charge in [0.05, 0.1) is 25.9 Å². The van der Waals surface area contributed by atoms with Crippen LogP contribution in [0.15, 0.2) is 29.5 Å². The summed E-state index contributed by atoms with van der Waals surface area (Å²) in [6.07, 6.45) is 6.28. The van der Waals surface area contributed by atoms with Crippen LogP contribution in [-0.4, -0.2) is 46.5 Å². The molecule has 2 aromatic rings. The molecule has 1 aromatic heterocycles.